The van der Waals surface area contributed by atoms with Gasteiger partial charge >= 0.3 is 0 Å². The van der Waals surface area contributed by atoms with E-state index in [1.165, 1.54) is 15.3 Å². The molecule has 1 fully saturated rings. The predicted molar refractivity (Wildman–Crippen MR) is 125 cm³/mol. The summed E-state index contributed by atoms with van der Waals surface area (Å²) in [5.74, 6) is 1.88. The van der Waals surface area contributed by atoms with Gasteiger partial charge < -0.3 is 20.4 Å². The van der Waals surface area contributed by atoms with Crippen LogP contribution >= 0.6 is 35.3 Å². The molecule has 1 saturated heterocycles. The van der Waals surface area contributed by atoms with Gasteiger partial charge in [0.15, 0.2) is 5.96 Å². The molecule has 0 spiro atoms. The smallest absolute Gasteiger partial charge is 0.191 e. The van der Waals surface area contributed by atoms with Crippen molar-refractivity contribution in [3.05, 3.63) is 45.8 Å². The van der Waals surface area contributed by atoms with Gasteiger partial charge in [-0.15, -0.1) is 35.3 Å². The highest BCUT2D eigenvalue weighted by molar-refractivity contribution is 14.0. The van der Waals surface area contributed by atoms with Crippen molar-refractivity contribution in [1.82, 2.24) is 20.5 Å². The minimum Gasteiger partial charge on any atom is -0.354 e. The number of hydrogen-bond acceptors (Lipinski definition) is 5. The van der Waals surface area contributed by atoms with Crippen LogP contribution in [0.2, 0.25) is 0 Å². The van der Waals surface area contributed by atoms with Crippen molar-refractivity contribution in [3.8, 4) is 0 Å². The van der Waals surface area contributed by atoms with E-state index in [2.05, 4.69) is 68.6 Å². The van der Waals surface area contributed by atoms with Gasteiger partial charge in [-0.25, -0.2) is 4.98 Å². The van der Waals surface area contributed by atoms with Crippen LogP contribution in [0.4, 0.5) is 5.82 Å². The van der Waals surface area contributed by atoms with Crippen molar-refractivity contribution in [3.63, 3.8) is 0 Å². The monoisotopic (exact) mass is 500 g/mol. The second kappa shape index (κ2) is 10.8. The lowest BCUT2D eigenvalue weighted by Crippen LogP contribution is -2.44. The molecule has 0 atom stereocenters. The molecule has 27 heavy (non-hydrogen) atoms. The summed E-state index contributed by atoms with van der Waals surface area (Å²) in [5, 5.41) is 6.76. The Morgan fingerprint density at radius 1 is 1.15 bits per heavy atom. The van der Waals surface area contributed by atoms with Gasteiger partial charge in [0.05, 0.1) is 6.54 Å². The fourth-order valence-electron chi connectivity index (χ4n) is 2.94. The van der Waals surface area contributed by atoms with Crippen molar-refractivity contribution in [2.45, 2.75) is 20.0 Å². The molecule has 3 heterocycles. The molecule has 0 saturated carbocycles. The van der Waals surface area contributed by atoms with E-state index in [-0.39, 0.29) is 24.0 Å². The number of guanidine groups is 1. The van der Waals surface area contributed by atoms with Crippen molar-refractivity contribution < 1.29 is 0 Å². The largest absolute Gasteiger partial charge is 0.354 e. The van der Waals surface area contributed by atoms with Crippen molar-refractivity contribution in [2.24, 2.45) is 4.99 Å². The number of nitrogens with zero attached hydrogens (tertiary/aromatic N) is 4. The Balaban J connectivity index is 0.00000261. The molecule has 0 aliphatic carbocycles. The van der Waals surface area contributed by atoms with E-state index in [0.717, 1.165) is 51.0 Å². The van der Waals surface area contributed by atoms with Crippen LogP contribution in [0.3, 0.4) is 0 Å². The van der Waals surface area contributed by atoms with E-state index in [0.29, 0.717) is 0 Å². The highest BCUT2D eigenvalue weighted by Crippen LogP contribution is 2.15. The first-order chi connectivity index (χ1) is 12.6. The second-order valence-electron chi connectivity index (χ2n) is 6.60. The molecule has 1 aliphatic rings. The molecule has 6 nitrogen and oxygen atoms in total. The SMILES string of the molecule is CN=C(NCc1ccnc(N2CCN(C)CC2)c1)NCc1ccc(C)s1.I. The van der Waals surface area contributed by atoms with E-state index in [9.17, 15) is 0 Å². The standard InChI is InChI=1S/C19H28N6S.HI/c1-15-4-5-17(26-15)14-23-19(20-2)22-13-16-6-7-21-18(12-16)25-10-8-24(3)9-11-25;/h4-7,12H,8-11,13-14H2,1-3H3,(H2,20,22,23);1H. The Bertz CT molecular complexity index is 739. The molecule has 0 amide bonds. The summed E-state index contributed by atoms with van der Waals surface area (Å²) in [5.41, 5.74) is 1.21. The maximum absolute atomic E-state index is 4.55. The number of halogens is 1. The van der Waals surface area contributed by atoms with Gasteiger partial charge in [-0.3, -0.25) is 4.99 Å². The highest BCUT2D eigenvalue weighted by atomic mass is 127. The molecule has 0 radical (unpaired) electrons. The molecule has 0 unspecified atom stereocenters. The van der Waals surface area contributed by atoms with Gasteiger partial charge in [-0.2, -0.15) is 0 Å². The molecule has 8 heteroatoms. The first-order valence-corrected chi connectivity index (χ1v) is 9.84. The highest BCUT2D eigenvalue weighted by Gasteiger charge is 2.15. The molecular weight excluding hydrogens is 471 g/mol. The number of hydrogen-bond donors (Lipinski definition) is 2. The Hall–Kier alpha value is -1.39. The number of thiophene rings is 1. The lowest BCUT2D eigenvalue weighted by atomic mass is 10.2. The number of likely N-dealkylation sites (N-methyl/N-ethyl adjacent to an activating group) is 1. The van der Waals surface area contributed by atoms with Gasteiger partial charge in [-0.05, 0) is 43.8 Å². The van der Waals surface area contributed by atoms with Crippen LogP contribution < -0.4 is 15.5 Å². The topological polar surface area (TPSA) is 55.8 Å². The summed E-state index contributed by atoms with van der Waals surface area (Å²) in [7, 11) is 3.97. The number of aliphatic imine (C=N–C) groups is 1. The maximum Gasteiger partial charge on any atom is 0.191 e. The Morgan fingerprint density at radius 3 is 2.56 bits per heavy atom. The van der Waals surface area contributed by atoms with Gasteiger partial charge in [-0.1, -0.05) is 0 Å². The third kappa shape index (κ3) is 6.62. The summed E-state index contributed by atoms with van der Waals surface area (Å²) in [4.78, 5) is 16.2. The molecule has 148 valence electrons. The van der Waals surface area contributed by atoms with E-state index in [1.54, 1.807) is 7.05 Å². The lowest BCUT2D eigenvalue weighted by Gasteiger charge is -2.33. The fraction of sp³-hybridized carbons (Fsp3) is 0.474. The minimum atomic E-state index is 0. The van der Waals surface area contributed by atoms with E-state index in [4.69, 9.17) is 0 Å². The minimum absolute atomic E-state index is 0. The van der Waals surface area contributed by atoms with Crippen molar-refractivity contribution in [1.29, 1.82) is 0 Å². The summed E-state index contributed by atoms with van der Waals surface area (Å²) in [6.45, 7) is 7.88. The van der Waals surface area contributed by atoms with Crippen LogP contribution in [-0.4, -0.2) is 56.1 Å². The van der Waals surface area contributed by atoms with Gasteiger partial charge in [0.25, 0.3) is 0 Å². The third-order valence-electron chi connectivity index (χ3n) is 4.55. The maximum atomic E-state index is 4.55. The Labute approximate surface area is 183 Å². The number of piperazine rings is 1. The zero-order valence-electron chi connectivity index (χ0n) is 16.2. The second-order valence-corrected chi connectivity index (χ2v) is 7.98. The van der Waals surface area contributed by atoms with Crippen LogP contribution in [-0.2, 0) is 13.1 Å². The number of pyridine rings is 1. The van der Waals surface area contributed by atoms with Crippen molar-refractivity contribution in [2.75, 3.05) is 45.2 Å². The number of nitrogens with one attached hydrogen (secondary N) is 2. The number of rotatable bonds is 5. The molecule has 0 aromatic carbocycles. The summed E-state index contributed by atoms with van der Waals surface area (Å²) in [6.07, 6.45) is 1.90. The molecule has 2 N–H and O–H groups in total. The van der Waals surface area contributed by atoms with Crippen LogP contribution in [0.5, 0.6) is 0 Å². The zero-order valence-corrected chi connectivity index (χ0v) is 19.4. The fourth-order valence-corrected chi connectivity index (χ4v) is 3.77. The molecule has 2 aromatic rings. The average molecular weight is 500 g/mol. The third-order valence-corrected chi connectivity index (χ3v) is 5.55. The summed E-state index contributed by atoms with van der Waals surface area (Å²) < 4.78 is 0. The van der Waals surface area contributed by atoms with Crippen LogP contribution in [0, 0.1) is 6.92 Å². The van der Waals surface area contributed by atoms with Gasteiger partial charge in [0, 0.05) is 55.7 Å². The lowest BCUT2D eigenvalue weighted by molar-refractivity contribution is 0.312. The number of aromatic nitrogens is 1. The number of aryl methyl sites for hydroxylation is 1. The Morgan fingerprint density at radius 2 is 1.89 bits per heavy atom. The molecule has 1 aliphatic heterocycles. The predicted octanol–water partition coefficient (Wildman–Crippen LogP) is 2.69. The summed E-state index contributed by atoms with van der Waals surface area (Å²) in [6, 6.07) is 8.54. The first kappa shape index (κ1) is 21.9. The molecule has 0 bridgehead atoms. The molecule has 3 rings (SSSR count). The zero-order chi connectivity index (χ0) is 18.4. The van der Waals surface area contributed by atoms with E-state index >= 15 is 0 Å². The van der Waals surface area contributed by atoms with E-state index < -0.39 is 0 Å². The normalized spacial score (nSPS) is 15.4. The average Bonchev–Trinajstić information content (AvgIpc) is 3.08. The number of anilines is 1. The molecule has 2 aromatic heterocycles. The Kier molecular flexibility index (Phi) is 8.78. The van der Waals surface area contributed by atoms with Crippen LogP contribution in [0.1, 0.15) is 15.3 Å². The first-order valence-electron chi connectivity index (χ1n) is 9.02. The van der Waals surface area contributed by atoms with Gasteiger partial charge in [0.1, 0.15) is 5.82 Å². The molecular formula is C19H29IN6S. The van der Waals surface area contributed by atoms with Crippen LogP contribution in [0.15, 0.2) is 35.5 Å². The van der Waals surface area contributed by atoms with Crippen molar-refractivity contribution >= 4 is 47.1 Å². The van der Waals surface area contributed by atoms with Crippen LogP contribution in [0.25, 0.3) is 0 Å². The summed E-state index contributed by atoms with van der Waals surface area (Å²) >= 11 is 1.81. The quantitative estimate of drug-likeness (QED) is 0.376. The van der Waals surface area contributed by atoms with Gasteiger partial charge in [0.2, 0.25) is 0 Å². The van der Waals surface area contributed by atoms with E-state index in [1.807, 2.05) is 17.5 Å².